The van der Waals surface area contributed by atoms with E-state index in [9.17, 15) is 9.59 Å². The van der Waals surface area contributed by atoms with Gasteiger partial charge < -0.3 is 18.8 Å². The lowest BCUT2D eigenvalue weighted by Gasteiger charge is -2.32. The van der Waals surface area contributed by atoms with Crippen LogP contribution in [0, 0.1) is 6.92 Å². The number of pyridine rings is 2. The minimum Gasteiger partial charge on any atom is -0.462 e. The number of ether oxygens (including phenoxy) is 2. The lowest BCUT2D eigenvalue weighted by molar-refractivity contribution is 0.00578. The second kappa shape index (κ2) is 15.1. The molecule has 12 heteroatoms. The summed E-state index contributed by atoms with van der Waals surface area (Å²) in [5.74, 6) is 0.668. The van der Waals surface area contributed by atoms with E-state index in [1.54, 1.807) is 25.0 Å². The Morgan fingerprint density at radius 3 is 1.87 bits per heavy atom. The van der Waals surface area contributed by atoms with Crippen LogP contribution in [-0.2, 0) is 18.8 Å². The lowest BCUT2D eigenvalue weighted by Crippen LogP contribution is -2.41. The van der Waals surface area contributed by atoms with Gasteiger partial charge in [-0.25, -0.2) is 14.6 Å². The molecule has 1 aliphatic heterocycles. The summed E-state index contributed by atoms with van der Waals surface area (Å²) in [5.41, 5.74) is 0.634. The Morgan fingerprint density at radius 2 is 1.47 bits per heavy atom. The topological polar surface area (TPSA) is 96.8 Å². The van der Waals surface area contributed by atoms with Gasteiger partial charge in [0.15, 0.2) is 0 Å². The monoisotopic (exact) mass is 583 g/mol. The molecule has 0 radical (unpaired) electrons. The van der Waals surface area contributed by atoms with Crippen LogP contribution in [0.4, 0.5) is 0 Å². The van der Waals surface area contributed by atoms with Crippen molar-refractivity contribution in [3.8, 4) is 0 Å². The molecule has 0 atom stereocenters. The zero-order valence-electron chi connectivity index (χ0n) is 22.1. The number of halogens is 3. The third kappa shape index (κ3) is 9.64. The number of carbonyl (C=O) groups is 2. The van der Waals surface area contributed by atoms with E-state index in [0.717, 1.165) is 0 Å². The fourth-order valence-corrected chi connectivity index (χ4v) is 3.31. The number of carbonyl (C=O) groups excluding carboxylic acids is 2. The van der Waals surface area contributed by atoms with Crippen LogP contribution in [-0.4, -0.2) is 53.4 Å². The molecule has 1 fully saturated rings. The minimum atomic E-state index is -0.552. The van der Waals surface area contributed by atoms with Crippen LogP contribution in [0.3, 0.4) is 0 Å². The first kappa shape index (κ1) is 33.5. The highest BCUT2D eigenvalue weighted by Crippen LogP contribution is 2.36. The Kier molecular flexibility index (Phi) is 13.3. The van der Waals surface area contributed by atoms with E-state index < -0.39 is 11.9 Å². The van der Waals surface area contributed by atoms with Crippen molar-refractivity contribution in [3.63, 3.8) is 0 Å². The molecule has 0 aromatic carbocycles. The van der Waals surface area contributed by atoms with Crippen LogP contribution in [0.15, 0.2) is 43.7 Å². The molecule has 1 aliphatic rings. The number of hydrogen-bond acceptors (Lipinski definition) is 8. The van der Waals surface area contributed by atoms with Gasteiger partial charge in [0, 0.05) is 12.4 Å². The molecule has 8 nitrogen and oxygen atoms in total. The molecule has 0 saturated carbocycles. The van der Waals surface area contributed by atoms with Crippen LogP contribution in [0.5, 0.6) is 0 Å². The molecule has 2 aromatic rings. The van der Waals surface area contributed by atoms with Crippen LogP contribution in [0.25, 0.3) is 6.08 Å². The summed E-state index contributed by atoms with van der Waals surface area (Å²) in [7, 11) is -0.250. The van der Waals surface area contributed by atoms with Gasteiger partial charge in [-0.2, -0.15) is 0 Å². The van der Waals surface area contributed by atoms with Crippen LogP contribution in [0.1, 0.15) is 61.0 Å². The average Bonchev–Trinajstić information content (AvgIpc) is 3.06. The third-order valence-electron chi connectivity index (χ3n) is 5.32. The van der Waals surface area contributed by atoms with Crippen LogP contribution >= 0.6 is 34.8 Å². The molecular formula is C26H31BCl3N2O6+. The summed E-state index contributed by atoms with van der Waals surface area (Å²) in [6.07, 6.45) is 4.21. The van der Waals surface area contributed by atoms with Gasteiger partial charge in [0.1, 0.15) is 12.1 Å². The first-order chi connectivity index (χ1) is 17.7. The molecule has 0 unspecified atom stereocenters. The van der Waals surface area contributed by atoms with E-state index in [1.807, 2.05) is 27.7 Å². The van der Waals surface area contributed by atoms with Crippen molar-refractivity contribution in [2.45, 2.75) is 45.8 Å². The SMILES string of the molecule is C=CB1OC(C)(C)C(C)(C)O1.C=Cc1cc(Cl)c(C(=O)OCC)cn1.[CH2+]COC(=O)c1cnc(Cl)cc1Cl. The number of aromatic nitrogens is 2. The first-order valence-corrected chi connectivity index (χ1v) is 12.6. The second-order valence-electron chi connectivity index (χ2n) is 8.50. The van der Waals surface area contributed by atoms with Gasteiger partial charge in [0.05, 0.1) is 44.7 Å². The van der Waals surface area contributed by atoms with E-state index in [4.69, 9.17) is 48.8 Å². The third-order valence-corrected chi connectivity index (χ3v) is 6.15. The van der Waals surface area contributed by atoms with Gasteiger partial charge in [-0.3, -0.25) is 4.98 Å². The molecule has 0 amide bonds. The highest BCUT2D eigenvalue weighted by molar-refractivity contribution is 6.51. The minimum absolute atomic E-state index is 0.0534. The molecule has 0 N–H and O–H groups in total. The molecule has 38 heavy (non-hydrogen) atoms. The van der Waals surface area contributed by atoms with Gasteiger partial charge in [-0.05, 0) is 52.8 Å². The molecule has 204 valence electrons. The van der Waals surface area contributed by atoms with Crippen molar-refractivity contribution < 1.29 is 28.4 Å². The van der Waals surface area contributed by atoms with Crippen LogP contribution < -0.4 is 0 Å². The van der Waals surface area contributed by atoms with E-state index >= 15 is 0 Å². The van der Waals surface area contributed by atoms with Crippen molar-refractivity contribution >= 4 is 59.9 Å². The van der Waals surface area contributed by atoms with Gasteiger partial charge in [-0.15, -0.1) is 6.58 Å². The smallest absolute Gasteiger partial charge is 0.462 e. The Labute approximate surface area is 239 Å². The first-order valence-electron chi connectivity index (χ1n) is 11.4. The van der Waals surface area contributed by atoms with Crippen molar-refractivity contribution in [1.29, 1.82) is 0 Å². The lowest BCUT2D eigenvalue weighted by atomic mass is 9.90. The Morgan fingerprint density at radius 1 is 0.974 bits per heavy atom. The molecule has 3 rings (SSSR count). The van der Waals surface area contributed by atoms with Crippen molar-refractivity contribution in [1.82, 2.24) is 9.97 Å². The van der Waals surface area contributed by atoms with Gasteiger partial charge in [0.25, 0.3) is 0 Å². The molecule has 2 aromatic heterocycles. The Bertz CT molecular complexity index is 1130. The highest BCUT2D eigenvalue weighted by Gasteiger charge is 2.49. The number of nitrogens with zero attached hydrogens (tertiary/aromatic N) is 2. The van der Waals surface area contributed by atoms with Crippen molar-refractivity contribution in [2.75, 3.05) is 13.2 Å². The summed E-state index contributed by atoms with van der Waals surface area (Å²) in [5, 5.41) is 0.781. The molecular weight excluding hydrogens is 553 g/mol. The zero-order chi connectivity index (χ0) is 29.1. The molecule has 0 spiro atoms. The van der Waals surface area contributed by atoms with E-state index in [1.165, 1.54) is 18.5 Å². The highest BCUT2D eigenvalue weighted by atomic mass is 35.5. The summed E-state index contributed by atoms with van der Waals surface area (Å²) in [6, 6.07) is 2.95. The molecule has 3 heterocycles. The van der Waals surface area contributed by atoms with Gasteiger partial charge >= 0.3 is 19.1 Å². The largest absolute Gasteiger partial charge is 0.486 e. The maximum atomic E-state index is 11.3. The number of hydrogen-bond donors (Lipinski definition) is 0. The maximum absolute atomic E-state index is 11.3. The zero-order valence-corrected chi connectivity index (χ0v) is 24.3. The quantitative estimate of drug-likeness (QED) is 0.159. The fourth-order valence-electron chi connectivity index (χ4n) is 2.63. The van der Waals surface area contributed by atoms with E-state index in [2.05, 4.69) is 34.8 Å². The summed E-state index contributed by atoms with van der Waals surface area (Å²) < 4.78 is 20.6. The predicted octanol–water partition coefficient (Wildman–Crippen LogP) is 6.74. The van der Waals surface area contributed by atoms with Crippen LogP contribution in [0.2, 0.25) is 15.2 Å². The second-order valence-corrected chi connectivity index (χ2v) is 9.70. The standard InChI is InChI=1S/C10H10ClNO2.C8H15BO2.C8H6Cl2NO2/c1-3-7-5-9(11)8(6-12-7)10(13)14-4-2;1-6-9-10-7(2,3)8(4,5)11-9;1-2-13-8(12)5-4-11-7(10)3-6(5)9/h3,5-6H,1,4H2,2H3;6H,1H2,2-5H3;3-4H,1-2H2/q;;+1. The average molecular weight is 585 g/mol. The summed E-state index contributed by atoms with van der Waals surface area (Å²) >= 11 is 17.1. The molecule has 0 aliphatic carbocycles. The predicted molar refractivity (Wildman–Crippen MR) is 151 cm³/mol. The van der Waals surface area contributed by atoms with E-state index in [-0.39, 0.29) is 46.2 Å². The Balaban J connectivity index is 0.000000287. The normalized spacial score (nSPS) is 14.7. The number of rotatable bonds is 6. The number of esters is 2. The fraction of sp³-hybridized carbons (Fsp3) is 0.346. The molecule has 0 bridgehead atoms. The molecule has 1 saturated heterocycles. The maximum Gasteiger partial charge on any atom is 0.486 e. The summed E-state index contributed by atoms with van der Waals surface area (Å²) in [6.45, 7) is 20.7. The summed E-state index contributed by atoms with van der Waals surface area (Å²) in [4.78, 5) is 30.1. The van der Waals surface area contributed by atoms with Crippen molar-refractivity contribution in [3.05, 3.63) is 82.6 Å². The van der Waals surface area contributed by atoms with Crippen molar-refractivity contribution in [2.24, 2.45) is 0 Å². The van der Waals surface area contributed by atoms with Gasteiger partial charge in [-0.1, -0.05) is 47.4 Å². The van der Waals surface area contributed by atoms with E-state index in [0.29, 0.717) is 17.3 Å². The van der Waals surface area contributed by atoms with Gasteiger partial charge in [0.2, 0.25) is 6.61 Å². The Hall–Kier alpha value is -2.56.